The fraction of sp³-hybridized carbons (Fsp3) is 0.421. The summed E-state index contributed by atoms with van der Waals surface area (Å²) >= 11 is 1.61. The average molecular weight is 300 g/mol. The van der Waals surface area contributed by atoms with E-state index in [1.54, 1.807) is 11.3 Å². The van der Waals surface area contributed by atoms with Crippen molar-refractivity contribution in [1.82, 2.24) is 0 Å². The van der Waals surface area contributed by atoms with E-state index in [9.17, 15) is 4.79 Å². The van der Waals surface area contributed by atoms with Crippen molar-refractivity contribution in [3.05, 3.63) is 57.8 Å². The molecule has 0 saturated carbocycles. The Hall–Kier alpha value is -1.41. The van der Waals surface area contributed by atoms with E-state index in [1.807, 2.05) is 19.1 Å². The highest BCUT2D eigenvalue weighted by molar-refractivity contribution is 7.14. The number of Topliss-reactive ketones (excluding diaryl/α,β-unsaturated/α-hetero) is 1. The first kappa shape index (κ1) is 16.0. The van der Waals surface area contributed by atoms with Gasteiger partial charge in [-0.15, -0.1) is 11.3 Å². The van der Waals surface area contributed by atoms with E-state index in [0.29, 0.717) is 24.0 Å². The lowest BCUT2D eigenvalue weighted by Crippen LogP contribution is -2.14. The third-order valence-electron chi connectivity index (χ3n) is 4.04. The average Bonchev–Trinajstić information content (AvgIpc) is 2.90. The molecule has 0 aliphatic carbocycles. The molecule has 0 unspecified atom stereocenters. The van der Waals surface area contributed by atoms with Crippen LogP contribution in [0.3, 0.4) is 0 Å². The predicted molar refractivity (Wildman–Crippen MR) is 91.1 cm³/mol. The standard InChI is InChI=1S/C19H24OS/c1-14(2)17(13-16-7-5-4-6-8-16)10-11-18(20)19-12-9-15(3)21-19/h4-9,12,14,17H,10-11,13H2,1-3H3/t17-/m1/s1. The molecule has 2 heteroatoms. The first-order valence-electron chi connectivity index (χ1n) is 7.70. The van der Waals surface area contributed by atoms with Gasteiger partial charge in [0.15, 0.2) is 5.78 Å². The van der Waals surface area contributed by atoms with Gasteiger partial charge in [-0.25, -0.2) is 0 Å². The van der Waals surface area contributed by atoms with Crippen LogP contribution in [0.1, 0.15) is 46.8 Å². The van der Waals surface area contributed by atoms with Crippen molar-refractivity contribution in [2.75, 3.05) is 0 Å². The monoisotopic (exact) mass is 300 g/mol. The summed E-state index contributed by atoms with van der Waals surface area (Å²) < 4.78 is 0. The van der Waals surface area contributed by atoms with Gasteiger partial charge >= 0.3 is 0 Å². The van der Waals surface area contributed by atoms with Crippen LogP contribution in [0.4, 0.5) is 0 Å². The van der Waals surface area contributed by atoms with E-state index >= 15 is 0 Å². The van der Waals surface area contributed by atoms with E-state index in [1.165, 1.54) is 10.4 Å². The van der Waals surface area contributed by atoms with Gasteiger partial charge in [0.2, 0.25) is 0 Å². The van der Waals surface area contributed by atoms with Gasteiger partial charge < -0.3 is 0 Å². The van der Waals surface area contributed by atoms with Crippen molar-refractivity contribution in [2.45, 2.75) is 40.0 Å². The molecule has 1 aromatic carbocycles. The molecule has 21 heavy (non-hydrogen) atoms. The summed E-state index contributed by atoms with van der Waals surface area (Å²) in [5.41, 5.74) is 1.37. The van der Waals surface area contributed by atoms with Crippen molar-refractivity contribution in [3.63, 3.8) is 0 Å². The van der Waals surface area contributed by atoms with Crippen LogP contribution in [-0.4, -0.2) is 5.78 Å². The van der Waals surface area contributed by atoms with E-state index < -0.39 is 0 Å². The van der Waals surface area contributed by atoms with Gasteiger partial charge in [0, 0.05) is 11.3 Å². The third-order valence-corrected chi connectivity index (χ3v) is 5.08. The van der Waals surface area contributed by atoms with Gasteiger partial charge in [-0.3, -0.25) is 4.79 Å². The molecule has 0 fully saturated rings. The Balaban J connectivity index is 1.93. The molecule has 0 aliphatic heterocycles. The van der Waals surface area contributed by atoms with Crippen molar-refractivity contribution in [2.24, 2.45) is 11.8 Å². The van der Waals surface area contributed by atoms with Crippen LogP contribution in [0.15, 0.2) is 42.5 Å². The van der Waals surface area contributed by atoms with Gasteiger partial charge in [-0.05, 0) is 49.3 Å². The van der Waals surface area contributed by atoms with Crippen LogP contribution in [-0.2, 0) is 6.42 Å². The molecule has 2 aromatic rings. The molecule has 1 nitrogen and oxygen atoms in total. The van der Waals surface area contributed by atoms with Crippen LogP contribution in [0.5, 0.6) is 0 Å². The fourth-order valence-corrected chi connectivity index (χ4v) is 3.45. The summed E-state index contributed by atoms with van der Waals surface area (Å²) in [6, 6.07) is 14.6. The number of ketones is 1. The third kappa shape index (κ3) is 4.82. The number of rotatable bonds is 7. The van der Waals surface area contributed by atoms with Crippen molar-refractivity contribution in [3.8, 4) is 0 Å². The summed E-state index contributed by atoms with van der Waals surface area (Å²) in [4.78, 5) is 14.4. The molecule has 2 rings (SSSR count). The zero-order valence-electron chi connectivity index (χ0n) is 13.1. The van der Waals surface area contributed by atoms with Gasteiger partial charge in [0.25, 0.3) is 0 Å². The highest BCUT2D eigenvalue weighted by Gasteiger charge is 2.17. The zero-order chi connectivity index (χ0) is 15.2. The van der Waals surface area contributed by atoms with E-state index in [0.717, 1.165) is 17.7 Å². The second kappa shape index (κ2) is 7.56. The predicted octanol–water partition coefficient (Wildman–Crippen LogP) is 5.53. The van der Waals surface area contributed by atoms with Gasteiger partial charge in [-0.1, -0.05) is 44.2 Å². The van der Waals surface area contributed by atoms with E-state index in [-0.39, 0.29) is 0 Å². The second-order valence-corrected chi connectivity index (χ2v) is 7.35. The minimum atomic E-state index is 0.298. The highest BCUT2D eigenvalue weighted by Crippen LogP contribution is 2.25. The smallest absolute Gasteiger partial charge is 0.172 e. The molecule has 0 saturated heterocycles. The molecule has 0 N–H and O–H groups in total. The molecule has 1 atom stereocenters. The lowest BCUT2D eigenvalue weighted by molar-refractivity contribution is 0.0973. The summed E-state index contributed by atoms with van der Waals surface area (Å²) in [5.74, 6) is 1.47. The second-order valence-electron chi connectivity index (χ2n) is 6.07. The molecule has 0 bridgehead atoms. The van der Waals surface area contributed by atoms with Gasteiger partial charge in [0.1, 0.15) is 0 Å². The number of thiophene rings is 1. The molecule has 1 aromatic heterocycles. The number of aryl methyl sites for hydroxylation is 1. The maximum atomic E-state index is 12.2. The zero-order valence-corrected chi connectivity index (χ0v) is 14.0. The summed E-state index contributed by atoms with van der Waals surface area (Å²) in [7, 11) is 0. The normalized spacial score (nSPS) is 12.6. The Kier molecular flexibility index (Phi) is 5.75. The summed E-state index contributed by atoms with van der Waals surface area (Å²) in [5, 5.41) is 0. The SMILES string of the molecule is Cc1ccc(C(=O)CC[C@H](Cc2ccccc2)C(C)C)s1. The maximum absolute atomic E-state index is 12.2. The maximum Gasteiger partial charge on any atom is 0.172 e. The van der Waals surface area contributed by atoms with Crippen molar-refractivity contribution < 1.29 is 4.79 Å². The van der Waals surface area contributed by atoms with Crippen LogP contribution < -0.4 is 0 Å². The number of hydrogen-bond acceptors (Lipinski definition) is 2. The van der Waals surface area contributed by atoms with Gasteiger partial charge in [0.05, 0.1) is 4.88 Å². The molecule has 112 valence electrons. The topological polar surface area (TPSA) is 17.1 Å². The molecule has 0 spiro atoms. The molecular weight excluding hydrogens is 276 g/mol. The largest absolute Gasteiger partial charge is 0.293 e. The van der Waals surface area contributed by atoms with Crippen LogP contribution >= 0.6 is 11.3 Å². The molecule has 0 aliphatic rings. The number of carbonyl (C=O) groups is 1. The van der Waals surface area contributed by atoms with Crippen molar-refractivity contribution in [1.29, 1.82) is 0 Å². The number of carbonyl (C=O) groups excluding carboxylic acids is 1. The molecule has 0 radical (unpaired) electrons. The first-order chi connectivity index (χ1) is 10.1. The minimum Gasteiger partial charge on any atom is -0.293 e. The number of hydrogen-bond donors (Lipinski definition) is 0. The highest BCUT2D eigenvalue weighted by atomic mass is 32.1. The summed E-state index contributed by atoms with van der Waals surface area (Å²) in [6.45, 7) is 6.56. The van der Waals surface area contributed by atoms with E-state index in [2.05, 4.69) is 44.2 Å². The minimum absolute atomic E-state index is 0.298. The van der Waals surface area contributed by atoms with E-state index in [4.69, 9.17) is 0 Å². The van der Waals surface area contributed by atoms with Crippen molar-refractivity contribution >= 4 is 17.1 Å². The quantitative estimate of drug-likeness (QED) is 0.614. The summed E-state index contributed by atoms with van der Waals surface area (Å²) in [6.07, 6.45) is 2.70. The van der Waals surface area contributed by atoms with Crippen LogP contribution in [0, 0.1) is 18.8 Å². The Labute approximate surface area is 132 Å². The Bertz CT molecular complexity index is 568. The van der Waals surface area contributed by atoms with Crippen LogP contribution in [0.25, 0.3) is 0 Å². The Morgan fingerprint density at radius 1 is 1.10 bits per heavy atom. The Morgan fingerprint density at radius 3 is 2.38 bits per heavy atom. The molecular formula is C19H24OS. The first-order valence-corrected chi connectivity index (χ1v) is 8.51. The van der Waals surface area contributed by atoms with Crippen LogP contribution in [0.2, 0.25) is 0 Å². The lowest BCUT2D eigenvalue weighted by atomic mass is 9.85. The number of benzene rings is 1. The lowest BCUT2D eigenvalue weighted by Gasteiger charge is -2.20. The Morgan fingerprint density at radius 2 is 1.81 bits per heavy atom. The molecule has 0 amide bonds. The molecule has 1 heterocycles. The fourth-order valence-electron chi connectivity index (χ4n) is 2.61. The van der Waals surface area contributed by atoms with Gasteiger partial charge in [-0.2, -0.15) is 0 Å².